The highest BCUT2D eigenvalue weighted by Gasteiger charge is 2.25. The highest BCUT2D eigenvalue weighted by Crippen LogP contribution is 2.33. The Hall–Kier alpha value is -1.73. The lowest BCUT2D eigenvalue weighted by Gasteiger charge is -2.22. The first-order chi connectivity index (χ1) is 9.65. The molecular formula is C13H15ClFN3O2S. The third kappa shape index (κ3) is 4.12. The number of rotatable bonds is 4. The van der Waals surface area contributed by atoms with Crippen molar-refractivity contribution >= 4 is 46.2 Å². The molecule has 8 heteroatoms. The third-order valence-electron chi connectivity index (χ3n) is 2.35. The molecule has 0 aliphatic heterocycles. The molecule has 0 aromatic heterocycles. The molecule has 5 nitrogen and oxygen atoms in total. The fraction of sp³-hybridized carbons (Fsp3) is 0.308. The molecule has 0 fully saturated rings. The summed E-state index contributed by atoms with van der Waals surface area (Å²) in [7, 11) is 0. The van der Waals surface area contributed by atoms with E-state index in [-0.39, 0.29) is 33.4 Å². The largest absolute Gasteiger partial charge is 0.489 e. The first kappa shape index (κ1) is 17.3. The summed E-state index contributed by atoms with van der Waals surface area (Å²) in [6.07, 6.45) is -0.195. The van der Waals surface area contributed by atoms with Crippen molar-refractivity contribution in [2.45, 2.75) is 26.9 Å². The number of nitrogens with two attached hydrogens (primary N) is 1. The van der Waals surface area contributed by atoms with Gasteiger partial charge in [-0.25, -0.2) is 9.29 Å². The second-order valence-corrected chi connectivity index (χ2v) is 5.33. The molecule has 1 amide bonds. The number of carbonyl (C=O) groups excluding carboxylic acids is 1. The number of halogens is 2. The molecule has 1 aromatic rings. The Bertz CT molecular complexity index is 607. The molecule has 0 aliphatic carbocycles. The van der Waals surface area contributed by atoms with E-state index in [1.165, 1.54) is 13.0 Å². The van der Waals surface area contributed by atoms with Crippen molar-refractivity contribution in [3.05, 3.63) is 23.0 Å². The minimum Gasteiger partial charge on any atom is -0.489 e. The molecule has 0 unspecified atom stereocenters. The third-order valence-corrected chi connectivity index (χ3v) is 2.83. The zero-order chi connectivity index (χ0) is 16.3. The molecule has 0 aliphatic rings. The molecule has 0 bridgehead atoms. The second-order valence-electron chi connectivity index (χ2n) is 4.50. The lowest BCUT2D eigenvalue weighted by Crippen LogP contribution is -2.44. The molecule has 0 heterocycles. The summed E-state index contributed by atoms with van der Waals surface area (Å²) in [4.78, 5) is 12.7. The van der Waals surface area contributed by atoms with Crippen LogP contribution in [0.25, 0.3) is 0 Å². The maximum atomic E-state index is 14.1. The highest BCUT2D eigenvalue weighted by molar-refractivity contribution is 7.80. The van der Waals surface area contributed by atoms with Gasteiger partial charge in [0.25, 0.3) is 5.91 Å². The van der Waals surface area contributed by atoms with Gasteiger partial charge in [0.05, 0.1) is 22.5 Å². The number of carbonyl (C=O) groups is 1. The first-order valence-electron chi connectivity index (χ1n) is 5.99. The van der Waals surface area contributed by atoms with E-state index >= 15 is 0 Å². The first-order valence-corrected chi connectivity index (χ1v) is 6.78. The zero-order valence-corrected chi connectivity index (χ0v) is 13.3. The van der Waals surface area contributed by atoms with Crippen LogP contribution in [0.5, 0.6) is 5.75 Å². The molecule has 3 N–H and O–H groups in total. The average Bonchev–Trinajstić information content (AvgIpc) is 2.33. The van der Waals surface area contributed by atoms with Crippen LogP contribution < -0.4 is 15.4 Å². The molecule has 0 spiro atoms. The van der Waals surface area contributed by atoms with Gasteiger partial charge >= 0.3 is 0 Å². The van der Waals surface area contributed by atoms with E-state index in [2.05, 4.69) is 0 Å². The highest BCUT2D eigenvalue weighted by atomic mass is 35.5. The molecule has 21 heavy (non-hydrogen) atoms. The summed E-state index contributed by atoms with van der Waals surface area (Å²) in [5.41, 5.74) is 4.93. The van der Waals surface area contributed by atoms with Crippen LogP contribution in [-0.4, -0.2) is 22.8 Å². The van der Waals surface area contributed by atoms with Crippen molar-refractivity contribution in [2.24, 2.45) is 5.73 Å². The standard InChI is InChI=1S/C13H15ClFN3O2S/c1-6(2)20-11-5-10(9(15)4-8(11)14)18(13(17)21)12(19)7(3)16/h4-6,16H,1-3H3,(H2,17,21). The van der Waals surface area contributed by atoms with E-state index in [1.807, 2.05) is 0 Å². The summed E-state index contributed by atoms with van der Waals surface area (Å²) in [6.45, 7) is 4.81. The van der Waals surface area contributed by atoms with E-state index in [1.54, 1.807) is 13.8 Å². The Labute approximate surface area is 132 Å². The van der Waals surface area contributed by atoms with Crippen LogP contribution in [-0.2, 0) is 4.79 Å². The second kappa shape index (κ2) is 6.82. The fourth-order valence-electron chi connectivity index (χ4n) is 1.53. The van der Waals surface area contributed by atoms with Crippen molar-refractivity contribution in [1.29, 1.82) is 5.41 Å². The SMILES string of the molecule is CC(=N)C(=O)N(C(N)=S)c1cc(OC(C)C)c(Cl)cc1F. The van der Waals surface area contributed by atoms with Gasteiger partial charge in [-0.05, 0) is 39.1 Å². The van der Waals surface area contributed by atoms with Gasteiger partial charge < -0.3 is 10.5 Å². The molecule has 114 valence electrons. The van der Waals surface area contributed by atoms with E-state index in [4.69, 9.17) is 39.7 Å². The topological polar surface area (TPSA) is 79.4 Å². The molecule has 0 saturated carbocycles. The Kier molecular flexibility index (Phi) is 5.62. The van der Waals surface area contributed by atoms with Crippen LogP contribution in [0, 0.1) is 11.2 Å². The van der Waals surface area contributed by atoms with Crippen LogP contribution in [0.1, 0.15) is 20.8 Å². The van der Waals surface area contributed by atoms with Crippen molar-refractivity contribution in [2.75, 3.05) is 4.90 Å². The average molecular weight is 332 g/mol. The summed E-state index contributed by atoms with van der Waals surface area (Å²) in [6, 6.07) is 2.24. The van der Waals surface area contributed by atoms with Gasteiger partial charge in [0.15, 0.2) is 5.11 Å². The van der Waals surface area contributed by atoms with Crippen LogP contribution >= 0.6 is 23.8 Å². The smallest absolute Gasteiger partial charge is 0.278 e. The summed E-state index contributed by atoms with van der Waals surface area (Å²) < 4.78 is 19.5. The van der Waals surface area contributed by atoms with Gasteiger partial charge in [-0.3, -0.25) is 10.2 Å². The van der Waals surface area contributed by atoms with Crippen LogP contribution in [0.15, 0.2) is 12.1 Å². The molecule has 0 atom stereocenters. The van der Waals surface area contributed by atoms with Gasteiger partial charge in [0, 0.05) is 6.07 Å². The van der Waals surface area contributed by atoms with Crippen LogP contribution in [0.2, 0.25) is 5.02 Å². The maximum absolute atomic E-state index is 14.1. The fourth-order valence-corrected chi connectivity index (χ4v) is 1.91. The van der Waals surface area contributed by atoms with Gasteiger partial charge in [-0.15, -0.1) is 0 Å². The molecule has 1 aromatic carbocycles. The maximum Gasteiger partial charge on any atom is 0.278 e. The number of benzene rings is 1. The van der Waals surface area contributed by atoms with Gasteiger partial charge in [-0.2, -0.15) is 0 Å². The lowest BCUT2D eigenvalue weighted by molar-refractivity contribution is -0.111. The zero-order valence-electron chi connectivity index (χ0n) is 11.7. The molecule has 1 rings (SSSR count). The Balaban J connectivity index is 3.41. The van der Waals surface area contributed by atoms with E-state index in [0.717, 1.165) is 11.0 Å². The minimum absolute atomic E-state index is 0.0619. The molecule has 0 saturated heterocycles. The van der Waals surface area contributed by atoms with Gasteiger partial charge in [-0.1, -0.05) is 11.6 Å². The number of anilines is 1. The number of thiocarbonyl (C=S) groups is 1. The predicted molar refractivity (Wildman–Crippen MR) is 84.8 cm³/mol. The van der Waals surface area contributed by atoms with E-state index in [0.29, 0.717) is 0 Å². The van der Waals surface area contributed by atoms with Crippen LogP contribution in [0.3, 0.4) is 0 Å². The quantitative estimate of drug-likeness (QED) is 0.656. The minimum atomic E-state index is -0.820. The predicted octanol–water partition coefficient (Wildman–Crippen LogP) is 2.88. The number of hydrogen-bond acceptors (Lipinski definition) is 4. The number of nitrogens with one attached hydrogen (secondary N) is 1. The summed E-state index contributed by atoms with van der Waals surface area (Å²) >= 11 is 10.7. The number of nitrogens with zero attached hydrogens (tertiary/aromatic N) is 1. The van der Waals surface area contributed by atoms with E-state index < -0.39 is 11.7 Å². The van der Waals surface area contributed by atoms with Crippen molar-refractivity contribution in [1.82, 2.24) is 0 Å². The lowest BCUT2D eigenvalue weighted by atomic mass is 10.2. The van der Waals surface area contributed by atoms with Crippen LogP contribution in [0.4, 0.5) is 10.1 Å². The Morgan fingerprint density at radius 3 is 2.52 bits per heavy atom. The van der Waals surface area contributed by atoms with Gasteiger partial charge in [0.1, 0.15) is 11.6 Å². The molecular weight excluding hydrogens is 317 g/mol. The number of ether oxygens (including phenoxy) is 1. The van der Waals surface area contributed by atoms with Crippen molar-refractivity contribution in [3.63, 3.8) is 0 Å². The summed E-state index contributed by atoms with van der Waals surface area (Å²) in [5.74, 6) is -1.42. The van der Waals surface area contributed by atoms with Crippen molar-refractivity contribution < 1.29 is 13.9 Å². The monoisotopic (exact) mass is 331 g/mol. The Morgan fingerprint density at radius 1 is 1.52 bits per heavy atom. The Morgan fingerprint density at radius 2 is 2.10 bits per heavy atom. The van der Waals surface area contributed by atoms with Gasteiger partial charge in [0.2, 0.25) is 0 Å². The van der Waals surface area contributed by atoms with Crippen molar-refractivity contribution in [3.8, 4) is 5.75 Å². The molecule has 0 radical (unpaired) electrons. The normalized spacial score (nSPS) is 10.4. The number of hydrogen-bond donors (Lipinski definition) is 2. The number of amides is 1. The summed E-state index contributed by atoms with van der Waals surface area (Å²) in [5, 5.41) is 7.06. The van der Waals surface area contributed by atoms with E-state index in [9.17, 15) is 9.18 Å².